The predicted octanol–water partition coefficient (Wildman–Crippen LogP) is 3.76. The van der Waals surface area contributed by atoms with E-state index in [0.29, 0.717) is 18.1 Å². The van der Waals surface area contributed by atoms with Gasteiger partial charge in [-0.15, -0.1) is 0 Å². The molecule has 0 aromatic carbocycles. The second kappa shape index (κ2) is 5.13. The maximum Gasteiger partial charge on any atom is 0.0170 e. The molecule has 0 radical (unpaired) electrons. The van der Waals surface area contributed by atoms with Crippen molar-refractivity contribution < 1.29 is 0 Å². The van der Waals surface area contributed by atoms with Gasteiger partial charge in [0.05, 0.1) is 0 Å². The molecule has 108 valence electrons. The van der Waals surface area contributed by atoms with Crippen LogP contribution < -0.4 is 0 Å². The lowest BCUT2D eigenvalue weighted by Gasteiger charge is -2.57. The molecule has 0 aromatic heterocycles. The first-order valence-corrected chi connectivity index (χ1v) is 7.50. The van der Waals surface area contributed by atoms with Crippen LogP contribution in [-0.4, -0.2) is 46.1 Å². The Bertz CT molecular complexity index is 253. The Morgan fingerprint density at radius 2 is 1.22 bits per heavy atom. The van der Waals surface area contributed by atoms with Crippen LogP contribution in [0.15, 0.2) is 0 Å². The average Bonchev–Trinajstić information content (AvgIpc) is 2.11. The molecular weight excluding hydrogens is 220 g/mol. The Labute approximate surface area is 115 Å². The summed E-state index contributed by atoms with van der Waals surface area (Å²) < 4.78 is 0. The van der Waals surface area contributed by atoms with Crippen LogP contribution in [0.4, 0.5) is 0 Å². The van der Waals surface area contributed by atoms with Crippen LogP contribution in [0.2, 0.25) is 0 Å². The van der Waals surface area contributed by atoms with Crippen molar-refractivity contribution in [2.75, 3.05) is 7.05 Å². The minimum atomic E-state index is 0.286. The molecule has 0 aliphatic carbocycles. The van der Waals surface area contributed by atoms with Gasteiger partial charge in [0.25, 0.3) is 0 Å². The van der Waals surface area contributed by atoms with Crippen LogP contribution >= 0.6 is 0 Å². The minimum Gasteiger partial charge on any atom is -0.296 e. The Hall–Kier alpha value is -0.0800. The van der Waals surface area contributed by atoms with Gasteiger partial charge in [-0.25, -0.2) is 0 Å². The number of hydrogen-bond donors (Lipinski definition) is 0. The zero-order valence-corrected chi connectivity index (χ0v) is 14.0. The summed E-state index contributed by atoms with van der Waals surface area (Å²) in [5.74, 6) is 0. The van der Waals surface area contributed by atoms with Crippen LogP contribution in [0.25, 0.3) is 0 Å². The normalized spacial score (nSPS) is 25.3. The van der Waals surface area contributed by atoms with E-state index in [1.807, 2.05) is 0 Å². The van der Waals surface area contributed by atoms with E-state index in [9.17, 15) is 0 Å². The highest BCUT2D eigenvalue weighted by Crippen LogP contribution is 2.39. The molecule has 0 unspecified atom stereocenters. The van der Waals surface area contributed by atoms with E-state index >= 15 is 0 Å². The third-order valence-electron chi connectivity index (χ3n) is 4.90. The van der Waals surface area contributed by atoms with Crippen LogP contribution in [0.3, 0.4) is 0 Å². The summed E-state index contributed by atoms with van der Waals surface area (Å²) in [6.45, 7) is 18.9. The van der Waals surface area contributed by atoms with Crippen molar-refractivity contribution in [3.8, 4) is 0 Å². The molecule has 0 spiro atoms. The zero-order valence-electron chi connectivity index (χ0n) is 14.0. The van der Waals surface area contributed by atoms with E-state index in [1.165, 1.54) is 12.8 Å². The Balaban J connectivity index is 2.98. The van der Waals surface area contributed by atoms with Gasteiger partial charge in [-0.05, 0) is 75.3 Å². The lowest BCUT2D eigenvalue weighted by atomic mass is 9.76. The van der Waals surface area contributed by atoms with Crippen molar-refractivity contribution in [1.82, 2.24) is 9.80 Å². The summed E-state index contributed by atoms with van der Waals surface area (Å²) in [7, 11) is 2.28. The lowest BCUT2D eigenvalue weighted by Crippen LogP contribution is -2.64. The molecule has 1 aliphatic rings. The fourth-order valence-corrected chi connectivity index (χ4v) is 3.97. The van der Waals surface area contributed by atoms with Gasteiger partial charge in [0.2, 0.25) is 0 Å². The van der Waals surface area contributed by atoms with Gasteiger partial charge in [0.1, 0.15) is 0 Å². The molecule has 0 N–H and O–H groups in total. The number of piperidine rings is 1. The monoisotopic (exact) mass is 254 g/mol. The standard InChI is InChI=1S/C16H34N2/c1-12(2)18(13(3)4)14-10-15(5,6)17(9)16(7,8)11-14/h12-14H,10-11H2,1-9H3. The van der Waals surface area contributed by atoms with Gasteiger partial charge >= 0.3 is 0 Å². The first-order valence-electron chi connectivity index (χ1n) is 7.50. The fourth-order valence-electron chi connectivity index (χ4n) is 3.97. The second-order valence-electron chi connectivity index (χ2n) is 7.88. The molecule has 1 saturated heterocycles. The largest absolute Gasteiger partial charge is 0.296 e. The highest BCUT2D eigenvalue weighted by Gasteiger charge is 2.45. The fraction of sp³-hybridized carbons (Fsp3) is 1.00. The van der Waals surface area contributed by atoms with Crippen molar-refractivity contribution in [3.63, 3.8) is 0 Å². The van der Waals surface area contributed by atoms with E-state index < -0.39 is 0 Å². The summed E-state index contributed by atoms with van der Waals surface area (Å²) in [5.41, 5.74) is 0.572. The molecule has 1 rings (SSSR count). The molecule has 0 atom stereocenters. The highest BCUT2D eigenvalue weighted by molar-refractivity contribution is 5.02. The summed E-state index contributed by atoms with van der Waals surface area (Å²) in [4.78, 5) is 5.27. The van der Waals surface area contributed by atoms with E-state index in [2.05, 4.69) is 72.2 Å². The molecule has 1 heterocycles. The van der Waals surface area contributed by atoms with E-state index in [0.717, 1.165) is 0 Å². The van der Waals surface area contributed by atoms with Gasteiger partial charge in [0, 0.05) is 29.2 Å². The number of likely N-dealkylation sites (tertiary alicyclic amines) is 1. The molecule has 0 saturated carbocycles. The van der Waals surface area contributed by atoms with Crippen molar-refractivity contribution in [1.29, 1.82) is 0 Å². The van der Waals surface area contributed by atoms with Crippen molar-refractivity contribution in [2.45, 2.75) is 97.4 Å². The van der Waals surface area contributed by atoms with Gasteiger partial charge in [-0.2, -0.15) is 0 Å². The lowest BCUT2D eigenvalue weighted by molar-refractivity contribution is -0.0612. The molecule has 1 aliphatic heterocycles. The molecule has 1 fully saturated rings. The smallest absolute Gasteiger partial charge is 0.0170 e. The maximum atomic E-state index is 2.70. The first kappa shape index (κ1) is 16.0. The van der Waals surface area contributed by atoms with Crippen LogP contribution in [-0.2, 0) is 0 Å². The Kier molecular flexibility index (Phi) is 4.55. The number of rotatable bonds is 3. The van der Waals surface area contributed by atoms with E-state index in [1.54, 1.807) is 0 Å². The quantitative estimate of drug-likeness (QED) is 0.757. The summed E-state index contributed by atoms with van der Waals surface area (Å²) in [6, 6.07) is 1.96. The molecule has 0 bridgehead atoms. The van der Waals surface area contributed by atoms with Crippen molar-refractivity contribution >= 4 is 0 Å². The topological polar surface area (TPSA) is 6.48 Å². The van der Waals surface area contributed by atoms with Crippen molar-refractivity contribution in [2.24, 2.45) is 0 Å². The maximum absolute atomic E-state index is 2.70. The summed E-state index contributed by atoms with van der Waals surface area (Å²) in [6.07, 6.45) is 2.53. The molecule has 2 nitrogen and oxygen atoms in total. The third kappa shape index (κ3) is 3.08. The first-order chi connectivity index (χ1) is 7.99. The van der Waals surface area contributed by atoms with Gasteiger partial charge < -0.3 is 0 Å². The predicted molar refractivity (Wildman–Crippen MR) is 81.1 cm³/mol. The highest BCUT2D eigenvalue weighted by atomic mass is 15.3. The van der Waals surface area contributed by atoms with Crippen LogP contribution in [0.5, 0.6) is 0 Å². The molecule has 0 amide bonds. The SMILES string of the molecule is CC(C)N(C(C)C)C1CC(C)(C)N(C)C(C)(C)C1. The van der Waals surface area contributed by atoms with Crippen molar-refractivity contribution in [3.05, 3.63) is 0 Å². The Morgan fingerprint density at radius 1 is 0.889 bits per heavy atom. The molecule has 18 heavy (non-hydrogen) atoms. The molecule has 0 aromatic rings. The molecule has 2 heteroatoms. The van der Waals surface area contributed by atoms with E-state index in [-0.39, 0.29) is 11.1 Å². The minimum absolute atomic E-state index is 0.286. The molecular formula is C16H34N2. The average molecular weight is 254 g/mol. The second-order valence-corrected chi connectivity index (χ2v) is 7.88. The van der Waals surface area contributed by atoms with Gasteiger partial charge in [0.15, 0.2) is 0 Å². The van der Waals surface area contributed by atoms with Crippen LogP contribution in [0, 0.1) is 0 Å². The van der Waals surface area contributed by atoms with Crippen LogP contribution in [0.1, 0.15) is 68.2 Å². The summed E-state index contributed by atoms with van der Waals surface area (Å²) in [5, 5.41) is 0. The Morgan fingerprint density at radius 3 is 1.50 bits per heavy atom. The number of hydrogen-bond acceptors (Lipinski definition) is 2. The number of nitrogens with zero attached hydrogens (tertiary/aromatic N) is 2. The van der Waals surface area contributed by atoms with Gasteiger partial charge in [-0.3, -0.25) is 9.80 Å². The van der Waals surface area contributed by atoms with Gasteiger partial charge in [-0.1, -0.05) is 0 Å². The third-order valence-corrected chi connectivity index (χ3v) is 4.90. The zero-order chi connectivity index (χ0) is 14.3. The van der Waals surface area contributed by atoms with E-state index in [4.69, 9.17) is 0 Å². The summed E-state index contributed by atoms with van der Waals surface area (Å²) >= 11 is 0.